The second-order valence-electron chi connectivity index (χ2n) is 4.05. The van der Waals surface area contributed by atoms with E-state index in [4.69, 9.17) is 10.5 Å². The highest BCUT2D eigenvalue weighted by molar-refractivity contribution is 5.55. The maximum atomic E-state index is 5.67. The van der Waals surface area contributed by atoms with Crippen molar-refractivity contribution < 1.29 is 4.74 Å². The van der Waals surface area contributed by atoms with Gasteiger partial charge in [0, 0.05) is 25.5 Å². The first-order valence-electron chi connectivity index (χ1n) is 5.14. The van der Waals surface area contributed by atoms with Crippen LogP contribution in [0.2, 0.25) is 0 Å². The summed E-state index contributed by atoms with van der Waals surface area (Å²) >= 11 is 0. The van der Waals surface area contributed by atoms with Gasteiger partial charge in [0.25, 0.3) is 0 Å². The highest BCUT2D eigenvalue weighted by atomic mass is 16.5. The van der Waals surface area contributed by atoms with Crippen LogP contribution in [0.5, 0.6) is 0 Å². The number of nitrogens with two attached hydrogens (primary N) is 1. The Balaban J connectivity index is 1.95. The van der Waals surface area contributed by atoms with Crippen molar-refractivity contribution in [1.82, 2.24) is 9.97 Å². The molecule has 15 heavy (non-hydrogen) atoms. The summed E-state index contributed by atoms with van der Waals surface area (Å²) in [5.74, 6) is 1.06. The number of nitrogens with zero attached hydrogens (tertiary/aromatic N) is 2. The van der Waals surface area contributed by atoms with E-state index in [1.807, 2.05) is 0 Å². The van der Waals surface area contributed by atoms with Crippen LogP contribution < -0.4 is 11.1 Å². The van der Waals surface area contributed by atoms with E-state index < -0.39 is 0 Å². The lowest BCUT2D eigenvalue weighted by atomic mass is 10.0. The molecule has 0 amide bonds. The molecule has 0 bridgehead atoms. The molecule has 5 heteroatoms. The number of anilines is 2. The molecule has 82 valence electrons. The van der Waals surface area contributed by atoms with Gasteiger partial charge in [-0.15, -0.1) is 0 Å². The first-order valence-corrected chi connectivity index (χ1v) is 5.14. The Kier molecular flexibility index (Phi) is 2.73. The molecule has 1 aliphatic rings. The van der Waals surface area contributed by atoms with Gasteiger partial charge in [0.1, 0.15) is 0 Å². The maximum absolute atomic E-state index is 5.67. The number of ether oxygens (including phenoxy) is 1. The van der Waals surface area contributed by atoms with Gasteiger partial charge in [-0.25, -0.2) is 9.97 Å². The van der Waals surface area contributed by atoms with E-state index in [2.05, 4.69) is 22.2 Å². The van der Waals surface area contributed by atoms with Crippen LogP contribution in [0.25, 0.3) is 0 Å². The van der Waals surface area contributed by atoms with Gasteiger partial charge in [-0.2, -0.15) is 0 Å². The standard InChI is InChI=1S/C10H16N4O/c1-10(3-2-6-15-10)7-14-9-8(11)12-4-5-13-9/h4-5H,2-3,6-7H2,1H3,(H2,11,12)(H,13,14). The minimum Gasteiger partial charge on any atom is -0.381 e. The quantitative estimate of drug-likeness (QED) is 0.776. The van der Waals surface area contributed by atoms with E-state index in [1.54, 1.807) is 12.4 Å². The van der Waals surface area contributed by atoms with Crippen molar-refractivity contribution in [1.29, 1.82) is 0 Å². The van der Waals surface area contributed by atoms with Crippen molar-refractivity contribution in [2.24, 2.45) is 0 Å². The van der Waals surface area contributed by atoms with Crippen molar-refractivity contribution in [2.75, 3.05) is 24.2 Å². The zero-order valence-corrected chi connectivity index (χ0v) is 8.86. The second-order valence-corrected chi connectivity index (χ2v) is 4.05. The van der Waals surface area contributed by atoms with Crippen LogP contribution in [0.4, 0.5) is 11.6 Å². The van der Waals surface area contributed by atoms with E-state index in [1.165, 1.54) is 0 Å². The zero-order chi connectivity index (χ0) is 10.7. The minimum atomic E-state index is -0.0933. The van der Waals surface area contributed by atoms with E-state index >= 15 is 0 Å². The van der Waals surface area contributed by atoms with Crippen LogP contribution in [0.15, 0.2) is 12.4 Å². The highest BCUT2D eigenvalue weighted by Crippen LogP contribution is 2.25. The zero-order valence-electron chi connectivity index (χ0n) is 8.86. The van der Waals surface area contributed by atoms with E-state index in [9.17, 15) is 0 Å². The summed E-state index contributed by atoms with van der Waals surface area (Å²) in [5.41, 5.74) is 5.58. The number of aromatic nitrogens is 2. The Hall–Kier alpha value is -1.36. The van der Waals surface area contributed by atoms with Crippen LogP contribution in [0.1, 0.15) is 19.8 Å². The summed E-state index contributed by atoms with van der Waals surface area (Å²) in [6.45, 7) is 3.66. The van der Waals surface area contributed by atoms with E-state index in [0.717, 1.165) is 26.0 Å². The van der Waals surface area contributed by atoms with Gasteiger partial charge in [0.2, 0.25) is 0 Å². The molecule has 1 unspecified atom stereocenters. The fourth-order valence-electron chi connectivity index (χ4n) is 1.73. The average Bonchev–Trinajstić information content (AvgIpc) is 2.65. The third kappa shape index (κ3) is 2.36. The van der Waals surface area contributed by atoms with Crippen LogP contribution >= 0.6 is 0 Å². The summed E-state index contributed by atoms with van der Waals surface area (Å²) in [6, 6.07) is 0. The lowest BCUT2D eigenvalue weighted by Gasteiger charge is -2.23. The van der Waals surface area contributed by atoms with E-state index in [0.29, 0.717) is 11.6 Å². The molecule has 1 aromatic heterocycles. The SMILES string of the molecule is CC1(CNc2nccnc2N)CCCO1. The Morgan fingerprint density at radius 3 is 3.00 bits per heavy atom. The topological polar surface area (TPSA) is 73.1 Å². The van der Waals surface area contributed by atoms with Gasteiger partial charge >= 0.3 is 0 Å². The van der Waals surface area contributed by atoms with E-state index in [-0.39, 0.29) is 5.60 Å². The monoisotopic (exact) mass is 208 g/mol. The van der Waals surface area contributed by atoms with Gasteiger partial charge in [0.05, 0.1) is 5.60 Å². The lowest BCUT2D eigenvalue weighted by Crippen LogP contribution is -2.33. The number of hydrogen-bond acceptors (Lipinski definition) is 5. The van der Waals surface area contributed by atoms with Gasteiger partial charge in [0.15, 0.2) is 11.6 Å². The molecule has 1 aliphatic heterocycles. The normalized spacial score (nSPS) is 25.4. The van der Waals surface area contributed by atoms with Crippen LogP contribution in [-0.2, 0) is 4.74 Å². The van der Waals surface area contributed by atoms with Crippen molar-refractivity contribution in [3.63, 3.8) is 0 Å². The Morgan fingerprint density at radius 1 is 1.53 bits per heavy atom. The Bertz CT molecular complexity index is 336. The molecule has 5 nitrogen and oxygen atoms in total. The Labute approximate surface area is 89.1 Å². The van der Waals surface area contributed by atoms with Crippen molar-refractivity contribution in [2.45, 2.75) is 25.4 Å². The molecule has 1 fully saturated rings. The number of nitrogen functional groups attached to an aromatic ring is 1. The average molecular weight is 208 g/mol. The molecule has 0 spiro atoms. The number of nitrogens with one attached hydrogen (secondary N) is 1. The van der Waals surface area contributed by atoms with Crippen molar-refractivity contribution in [3.05, 3.63) is 12.4 Å². The number of rotatable bonds is 3. The first kappa shape index (κ1) is 10.2. The molecular weight excluding hydrogens is 192 g/mol. The van der Waals surface area contributed by atoms with Crippen molar-refractivity contribution >= 4 is 11.6 Å². The van der Waals surface area contributed by atoms with Crippen LogP contribution in [0.3, 0.4) is 0 Å². The Morgan fingerprint density at radius 2 is 2.33 bits per heavy atom. The molecule has 0 aliphatic carbocycles. The third-order valence-electron chi connectivity index (χ3n) is 2.66. The van der Waals surface area contributed by atoms with Crippen LogP contribution in [0, 0.1) is 0 Å². The highest BCUT2D eigenvalue weighted by Gasteiger charge is 2.29. The summed E-state index contributed by atoms with van der Waals surface area (Å²) < 4.78 is 5.65. The van der Waals surface area contributed by atoms with Gasteiger partial charge in [-0.05, 0) is 19.8 Å². The molecule has 0 aromatic carbocycles. The third-order valence-corrected chi connectivity index (χ3v) is 2.66. The molecule has 2 rings (SSSR count). The predicted octanol–water partition coefficient (Wildman–Crippen LogP) is 1.04. The summed E-state index contributed by atoms with van der Waals surface area (Å²) in [6.07, 6.45) is 5.39. The molecule has 3 N–H and O–H groups in total. The smallest absolute Gasteiger partial charge is 0.169 e. The first-order chi connectivity index (χ1) is 7.20. The molecule has 0 radical (unpaired) electrons. The predicted molar refractivity (Wildman–Crippen MR) is 58.5 cm³/mol. The second kappa shape index (κ2) is 4.02. The molecule has 0 saturated carbocycles. The van der Waals surface area contributed by atoms with Gasteiger partial charge in [-0.1, -0.05) is 0 Å². The molecule has 1 saturated heterocycles. The molecule has 1 aromatic rings. The lowest BCUT2D eigenvalue weighted by molar-refractivity contribution is 0.0315. The summed E-state index contributed by atoms with van der Waals surface area (Å²) in [5, 5.41) is 3.17. The number of hydrogen-bond donors (Lipinski definition) is 2. The van der Waals surface area contributed by atoms with Gasteiger partial charge in [-0.3, -0.25) is 0 Å². The summed E-state index contributed by atoms with van der Waals surface area (Å²) in [4.78, 5) is 8.08. The van der Waals surface area contributed by atoms with Crippen LogP contribution in [-0.4, -0.2) is 28.7 Å². The molecule has 2 heterocycles. The van der Waals surface area contributed by atoms with Gasteiger partial charge < -0.3 is 15.8 Å². The maximum Gasteiger partial charge on any atom is 0.169 e. The summed E-state index contributed by atoms with van der Waals surface area (Å²) in [7, 11) is 0. The fraction of sp³-hybridized carbons (Fsp3) is 0.600. The fourth-order valence-corrected chi connectivity index (χ4v) is 1.73. The largest absolute Gasteiger partial charge is 0.381 e. The molecular formula is C10H16N4O. The molecule has 1 atom stereocenters. The van der Waals surface area contributed by atoms with Crippen molar-refractivity contribution in [3.8, 4) is 0 Å². The minimum absolute atomic E-state index is 0.0933.